The second kappa shape index (κ2) is 4.75. The van der Waals surface area contributed by atoms with Crippen LogP contribution < -0.4 is 0 Å². The van der Waals surface area contributed by atoms with Crippen LogP contribution in [0.5, 0.6) is 0 Å². The third-order valence-corrected chi connectivity index (χ3v) is 3.92. The smallest absolute Gasteiger partial charge is 0.0589 e. The molecule has 3 rings (SSSR count). The van der Waals surface area contributed by atoms with Crippen molar-refractivity contribution in [1.29, 1.82) is 0 Å². The van der Waals surface area contributed by atoms with Gasteiger partial charge in [0.15, 0.2) is 0 Å². The fourth-order valence-corrected chi connectivity index (χ4v) is 2.93. The molecule has 0 spiro atoms. The van der Waals surface area contributed by atoms with Crippen LogP contribution in [0.25, 0.3) is 0 Å². The molecule has 0 aromatic heterocycles. The molecule has 2 aromatic carbocycles. The van der Waals surface area contributed by atoms with E-state index in [2.05, 4.69) is 30.3 Å². The Balaban J connectivity index is 2.04. The molecule has 0 heterocycles. The Morgan fingerprint density at radius 1 is 1.00 bits per heavy atom. The summed E-state index contributed by atoms with van der Waals surface area (Å²) in [5.41, 5.74) is 3.83. The molecule has 0 aliphatic heterocycles. The molecule has 0 unspecified atom stereocenters. The third-order valence-electron chi connectivity index (χ3n) is 3.67. The first-order valence-electron chi connectivity index (χ1n) is 6.25. The molecule has 0 bridgehead atoms. The summed E-state index contributed by atoms with van der Waals surface area (Å²) >= 11 is 5.93. The molecule has 2 heteroatoms. The number of hydrogen-bond acceptors (Lipinski definition) is 1. The predicted octanol–water partition coefficient (Wildman–Crippen LogP) is 3.78. The second-order valence-corrected chi connectivity index (χ2v) is 5.33. The molecule has 1 aliphatic carbocycles. The molecule has 0 fully saturated rings. The Kier molecular flexibility index (Phi) is 3.11. The van der Waals surface area contributed by atoms with Crippen molar-refractivity contribution in [1.82, 2.24) is 0 Å². The summed E-state index contributed by atoms with van der Waals surface area (Å²) in [5.74, 6) is 0.280. The maximum atomic E-state index is 10.0. The maximum absolute atomic E-state index is 10.0. The third kappa shape index (κ3) is 2.16. The van der Waals surface area contributed by atoms with Crippen LogP contribution in [-0.2, 0) is 6.42 Å². The SMILES string of the molecule is O[C@H]1Cc2ccccc2[C@@H](c2ccc(Cl)cc2)C1. The van der Waals surface area contributed by atoms with E-state index in [4.69, 9.17) is 11.6 Å². The minimum atomic E-state index is -0.249. The van der Waals surface area contributed by atoms with E-state index in [0.717, 1.165) is 17.9 Å². The lowest BCUT2D eigenvalue weighted by Crippen LogP contribution is -2.23. The molecule has 1 nitrogen and oxygen atoms in total. The van der Waals surface area contributed by atoms with Crippen LogP contribution in [-0.4, -0.2) is 11.2 Å². The van der Waals surface area contributed by atoms with E-state index in [1.54, 1.807) is 0 Å². The lowest BCUT2D eigenvalue weighted by atomic mass is 9.78. The summed E-state index contributed by atoms with van der Waals surface area (Å²) in [6.45, 7) is 0. The topological polar surface area (TPSA) is 20.2 Å². The molecule has 1 N–H and O–H groups in total. The van der Waals surface area contributed by atoms with Crippen LogP contribution in [0.1, 0.15) is 29.0 Å². The van der Waals surface area contributed by atoms with Gasteiger partial charge in [0.1, 0.15) is 0 Å². The van der Waals surface area contributed by atoms with Crippen molar-refractivity contribution in [3.8, 4) is 0 Å². The van der Waals surface area contributed by atoms with Crippen LogP contribution in [0.3, 0.4) is 0 Å². The Labute approximate surface area is 112 Å². The second-order valence-electron chi connectivity index (χ2n) is 4.90. The molecule has 1 aliphatic rings. The van der Waals surface area contributed by atoms with Gasteiger partial charge in [-0.05, 0) is 41.7 Å². The Morgan fingerprint density at radius 2 is 1.72 bits per heavy atom. The van der Waals surface area contributed by atoms with E-state index in [-0.39, 0.29) is 12.0 Å². The zero-order valence-electron chi connectivity index (χ0n) is 10.0. The van der Waals surface area contributed by atoms with Gasteiger partial charge in [0.25, 0.3) is 0 Å². The minimum absolute atomic E-state index is 0.249. The average Bonchev–Trinajstić information content (AvgIpc) is 2.38. The summed E-state index contributed by atoms with van der Waals surface area (Å²) in [4.78, 5) is 0. The fraction of sp³-hybridized carbons (Fsp3) is 0.250. The number of aliphatic hydroxyl groups is 1. The van der Waals surface area contributed by atoms with Crippen LogP contribution >= 0.6 is 11.6 Å². The minimum Gasteiger partial charge on any atom is -0.393 e. The molecular formula is C16H15ClO. The largest absolute Gasteiger partial charge is 0.393 e. The van der Waals surface area contributed by atoms with Crippen molar-refractivity contribution in [2.75, 3.05) is 0 Å². The lowest BCUT2D eigenvalue weighted by Gasteiger charge is -2.29. The van der Waals surface area contributed by atoms with E-state index >= 15 is 0 Å². The molecule has 0 saturated heterocycles. The van der Waals surface area contributed by atoms with E-state index in [0.29, 0.717) is 0 Å². The molecule has 92 valence electrons. The van der Waals surface area contributed by atoms with Crippen molar-refractivity contribution in [2.45, 2.75) is 24.9 Å². The van der Waals surface area contributed by atoms with Gasteiger partial charge in [-0.15, -0.1) is 0 Å². The molecule has 18 heavy (non-hydrogen) atoms. The van der Waals surface area contributed by atoms with Crippen LogP contribution in [0.4, 0.5) is 0 Å². The van der Waals surface area contributed by atoms with Gasteiger partial charge in [-0.25, -0.2) is 0 Å². The van der Waals surface area contributed by atoms with Crippen molar-refractivity contribution in [2.24, 2.45) is 0 Å². The first kappa shape index (κ1) is 11.8. The van der Waals surface area contributed by atoms with Gasteiger partial charge in [0.05, 0.1) is 6.10 Å². The molecule has 0 saturated carbocycles. The van der Waals surface area contributed by atoms with Gasteiger partial charge in [0, 0.05) is 10.9 Å². The maximum Gasteiger partial charge on any atom is 0.0589 e. The van der Waals surface area contributed by atoms with Crippen LogP contribution in [0.2, 0.25) is 5.02 Å². The molecule has 2 aromatic rings. The van der Waals surface area contributed by atoms with E-state index in [9.17, 15) is 5.11 Å². The predicted molar refractivity (Wildman–Crippen MR) is 74.1 cm³/mol. The molecule has 0 radical (unpaired) electrons. The van der Waals surface area contributed by atoms with Crippen molar-refractivity contribution < 1.29 is 5.11 Å². The van der Waals surface area contributed by atoms with Gasteiger partial charge >= 0.3 is 0 Å². The summed E-state index contributed by atoms with van der Waals surface area (Å²) in [6.07, 6.45) is 1.31. The lowest BCUT2D eigenvalue weighted by molar-refractivity contribution is 0.152. The summed E-state index contributed by atoms with van der Waals surface area (Å²) < 4.78 is 0. The highest BCUT2D eigenvalue weighted by Crippen LogP contribution is 2.36. The Morgan fingerprint density at radius 3 is 2.50 bits per heavy atom. The van der Waals surface area contributed by atoms with Crippen LogP contribution in [0, 0.1) is 0 Å². The van der Waals surface area contributed by atoms with Gasteiger partial charge in [-0.1, -0.05) is 48.0 Å². The number of rotatable bonds is 1. The number of aliphatic hydroxyl groups excluding tert-OH is 1. The standard InChI is InChI=1S/C16H15ClO/c17-13-7-5-11(6-8-13)16-10-14(18)9-12-3-1-2-4-15(12)16/h1-8,14,16,18H,9-10H2/t14-,16+/m0/s1. The monoisotopic (exact) mass is 258 g/mol. The highest BCUT2D eigenvalue weighted by Gasteiger charge is 2.26. The van der Waals surface area contributed by atoms with Crippen molar-refractivity contribution >= 4 is 11.6 Å². The summed E-state index contributed by atoms with van der Waals surface area (Å²) in [5, 5.41) is 10.8. The average molecular weight is 259 g/mol. The van der Waals surface area contributed by atoms with Crippen molar-refractivity contribution in [3.05, 3.63) is 70.2 Å². The number of hydrogen-bond donors (Lipinski definition) is 1. The van der Waals surface area contributed by atoms with Gasteiger partial charge in [-0.2, -0.15) is 0 Å². The quantitative estimate of drug-likeness (QED) is 0.825. The summed E-state index contributed by atoms with van der Waals surface area (Å²) in [6, 6.07) is 16.3. The zero-order valence-corrected chi connectivity index (χ0v) is 10.8. The van der Waals surface area contributed by atoms with Gasteiger partial charge < -0.3 is 5.11 Å². The van der Waals surface area contributed by atoms with Gasteiger partial charge in [0.2, 0.25) is 0 Å². The van der Waals surface area contributed by atoms with Gasteiger partial charge in [-0.3, -0.25) is 0 Å². The summed E-state index contributed by atoms with van der Waals surface area (Å²) in [7, 11) is 0. The first-order valence-corrected chi connectivity index (χ1v) is 6.63. The Bertz CT molecular complexity index is 547. The van der Waals surface area contributed by atoms with E-state index < -0.39 is 0 Å². The van der Waals surface area contributed by atoms with E-state index in [1.807, 2.05) is 18.2 Å². The van der Waals surface area contributed by atoms with Crippen molar-refractivity contribution in [3.63, 3.8) is 0 Å². The highest BCUT2D eigenvalue weighted by atomic mass is 35.5. The highest BCUT2D eigenvalue weighted by molar-refractivity contribution is 6.30. The zero-order chi connectivity index (χ0) is 12.5. The molecule has 0 amide bonds. The number of halogens is 1. The molecular weight excluding hydrogens is 244 g/mol. The first-order chi connectivity index (χ1) is 8.74. The fourth-order valence-electron chi connectivity index (χ4n) is 2.81. The number of fused-ring (bicyclic) bond motifs is 1. The molecule has 2 atom stereocenters. The van der Waals surface area contributed by atoms with Crippen LogP contribution in [0.15, 0.2) is 48.5 Å². The number of benzene rings is 2. The Hall–Kier alpha value is -1.31. The van der Waals surface area contributed by atoms with E-state index in [1.165, 1.54) is 16.7 Å². The normalized spacial score (nSPS) is 22.6.